The summed E-state index contributed by atoms with van der Waals surface area (Å²) in [6, 6.07) is 0. The Balaban J connectivity index is 1.75. The molecule has 6 heteroatoms. The summed E-state index contributed by atoms with van der Waals surface area (Å²) in [4.78, 5) is 6.23. The van der Waals surface area contributed by atoms with Gasteiger partial charge in [0.15, 0.2) is 0 Å². The van der Waals surface area contributed by atoms with E-state index in [0.717, 1.165) is 30.2 Å². The molecular formula is C13H17N3O2S. The molecule has 0 aromatic carbocycles. The Morgan fingerprint density at radius 3 is 3.11 bits per heavy atom. The van der Waals surface area contributed by atoms with E-state index >= 15 is 0 Å². The van der Waals surface area contributed by atoms with Gasteiger partial charge in [-0.05, 0) is 19.8 Å². The third-order valence-electron chi connectivity index (χ3n) is 3.46. The lowest BCUT2D eigenvalue weighted by molar-refractivity contribution is 0.0924. The van der Waals surface area contributed by atoms with Gasteiger partial charge in [0.25, 0.3) is 0 Å². The van der Waals surface area contributed by atoms with Crippen molar-refractivity contribution in [1.29, 1.82) is 5.41 Å². The van der Waals surface area contributed by atoms with E-state index in [0.29, 0.717) is 24.5 Å². The van der Waals surface area contributed by atoms with E-state index in [9.17, 15) is 5.11 Å². The van der Waals surface area contributed by atoms with Crippen LogP contribution in [0.5, 0.6) is 0 Å². The Hall–Kier alpha value is -1.40. The molecule has 0 saturated carbocycles. The standard InChI is InChI=1S/C13H17N3O2S/c1-8-7-19-13(15-8)11-10(17)6-16(12(11)14)5-9-3-2-4-18-9/h7,9,14,17H,2-6H2,1H3. The summed E-state index contributed by atoms with van der Waals surface area (Å²) in [7, 11) is 0. The minimum absolute atomic E-state index is 0.186. The summed E-state index contributed by atoms with van der Waals surface area (Å²) in [6.45, 7) is 3.80. The smallest absolute Gasteiger partial charge is 0.135 e. The van der Waals surface area contributed by atoms with Crippen LogP contribution >= 0.6 is 11.3 Å². The fourth-order valence-electron chi connectivity index (χ4n) is 2.52. The number of aliphatic hydroxyl groups is 1. The second-order valence-electron chi connectivity index (χ2n) is 4.98. The number of nitrogens with one attached hydrogen (secondary N) is 1. The molecule has 0 amide bonds. The first kappa shape index (κ1) is 12.6. The topological polar surface area (TPSA) is 69.4 Å². The predicted molar refractivity (Wildman–Crippen MR) is 74.7 cm³/mol. The molecule has 0 bridgehead atoms. The minimum Gasteiger partial charge on any atom is -0.510 e. The molecule has 0 aliphatic carbocycles. The first-order valence-electron chi connectivity index (χ1n) is 6.45. The zero-order chi connectivity index (χ0) is 13.4. The van der Waals surface area contributed by atoms with Crippen molar-refractivity contribution in [2.75, 3.05) is 19.7 Å². The van der Waals surface area contributed by atoms with E-state index in [1.807, 2.05) is 17.2 Å². The summed E-state index contributed by atoms with van der Waals surface area (Å²) >= 11 is 1.47. The summed E-state index contributed by atoms with van der Waals surface area (Å²) in [5.74, 6) is 0.611. The van der Waals surface area contributed by atoms with E-state index in [-0.39, 0.29) is 11.9 Å². The number of amidine groups is 1. The molecule has 3 heterocycles. The highest BCUT2D eigenvalue weighted by molar-refractivity contribution is 7.11. The molecule has 102 valence electrons. The van der Waals surface area contributed by atoms with Crippen LogP contribution in [0.3, 0.4) is 0 Å². The van der Waals surface area contributed by atoms with Crippen molar-refractivity contribution in [3.05, 3.63) is 21.8 Å². The second-order valence-corrected chi connectivity index (χ2v) is 5.84. The Morgan fingerprint density at radius 2 is 2.47 bits per heavy atom. The lowest BCUT2D eigenvalue weighted by Gasteiger charge is -2.21. The van der Waals surface area contributed by atoms with Gasteiger partial charge in [-0.25, -0.2) is 4.98 Å². The molecule has 1 saturated heterocycles. The molecule has 2 aliphatic heterocycles. The van der Waals surface area contributed by atoms with Crippen LogP contribution < -0.4 is 0 Å². The average Bonchev–Trinajstić information content (AvgIpc) is 3.05. The van der Waals surface area contributed by atoms with Gasteiger partial charge in [-0.2, -0.15) is 0 Å². The monoisotopic (exact) mass is 279 g/mol. The normalized spacial score (nSPS) is 23.7. The number of nitrogens with zero attached hydrogens (tertiary/aromatic N) is 2. The maximum atomic E-state index is 10.1. The van der Waals surface area contributed by atoms with Crippen molar-refractivity contribution in [2.24, 2.45) is 0 Å². The molecule has 1 aromatic heterocycles. The van der Waals surface area contributed by atoms with Crippen LogP contribution in [0.25, 0.3) is 5.57 Å². The fourth-order valence-corrected chi connectivity index (χ4v) is 3.38. The van der Waals surface area contributed by atoms with Crippen LogP contribution in [0, 0.1) is 12.3 Å². The van der Waals surface area contributed by atoms with Gasteiger partial charge in [0.05, 0.1) is 18.2 Å². The largest absolute Gasteiger partial charge is 0.510 e. The summed E-state index contributed by atoms with van der Waals surface area (Å²) < 4.78 is 5.59. The molecule has 2 N–H and O–H groups in total. The quantitative estimate of drug-likeness (QED) is 0.890. The van der Waals surface area contributed by atoms with Crippen molar-refractivity contribution >= 4 is 22.7 Å². The summed E-state index contributed by atoms with van der Waals surface area (Å²) in [5.41, 5.74) is 1.50. The molecular weight excluding hydrogens is 262 g/mol. The molecule has 1 aromatic rings. The van der Waals surface area contributed by atoms with Gasteiger partial charge in [-0.1, -0.05) is 0 Å². The molecule has 1 fully saturated rings. The Kier molecular flexibility index (Phi) is 3.28. The van der Waals surface area contributed by atoms with E-state index in [1.165, 1.54) is 11.3 Å². The fraction of sp³-hybridized carbons (Fsp3) is 0.538. The van der Waals surface area contributed by atoms with Gasteiger partial charge in [0.1, 0.15) is 16.6 Å². The Bertz CT molecular complexity index is 532. The van der Waals surface area contributed by atoms with Crippen molar-refractivity contribution < 1.29 is 9.84 Å². The maximum Gasteiger partial charge on any atom is 0.135 e. The van der Waals surface area contributed by atoms with E-state index < -0.39 is 0 Å². The number of aromatic nitrogens is 1. The molecule has 5 nitrogen and oxygen atoms in total. The van der Waals surface area contributed by atoms with Crippen LogP contribution in [-0.2, 0) is 4.74 Å². The average molecular weight is 279 g/mol. The molecule has 2 aliphatic rings. The highest BCUT2D eigenvalue weighted by Gasteiger charge is 2.32. The first-order valence-corrected chi connectivity index (χ1v) is 7.33. The highest BCUT2D eigenvalue weighted by Crippen LogP contribution is 2.30. The molecule has 0 spiro atoms. The van der Waals surface area contributed by atoms with Crippen LogP contribution in [0.1, 0.15) is 23.5 Å². The van der Waals surface area contributed by atoms with Crippen LogP contribution in [-0.4, -0.2) is 46.6 Å². The first-order chi connectivity index (χ1) is 9.15. The zero-order valence-electron chi connectivity index (χ0n) is 10.8. The number of thiazole rings is 1. The third-order valence-corrected chi connectivity index (χ3v) is 4.44. The number of hydrogen-bond donors (Lipinski definition) is 2. The van der Waals surface area contributed by atoms with Gasteiger partial charge in [0, 0.05) is 24.2 Å². The van der Waals surface area contributed by atoms with Crippen molar-refractivity contribution in [1.82, 2.24) is 9.88 Å². The second kappa shape index (κ2) is 4.94. The number of ether oxygens (including phenoxy) is 1. The van der Waals surface area contributed by atoms with E-state index in [1.54, 1.807) is 0 Å². The molecule has 19 heavy (non-hydrogen) atoms. The molecule has 1 unspecified atom stereocenters. The summed E-state index contributed by atoms with van der Waals surface area (Å²) in [5, 5.41) is 21.0. The van der Waals surface area contributed by atoms with Crippen molar-refractivity contribution in [2.45, 2.75) is 25.9 Å². The Labute approximate surface area is 116 Å². The minimum atomic E-state index is 0.186. The number of aliphatic hydroxyl groups excluding tert-OH is 1. The maximum absolute atomic E-state index is 10.1. The lowest BCUT2D eigenvalue weighted by Crippen LogP contribution is -2.34. The number of aryl methyl sites for hydroxylation is 1. The molecule has 0 radical (unpaired) electrons. The van der Waals surface area contributed by atoms with Crippen molar-refractivity contribution in [3.8, 4) is 0 Å². The molecule has 1 atom stereocenters. The van der Waals surface area contributed by atoms with Gasteiger partial charge in [-0.3, -0.25) is 5.41 Å². The Morgan fingerprint density at radius 1 is 1.63 bits per heavy atom. The number of rotatable bonds is 3. The van der Waals surface area contributed by atoms with E-state index in [2.05, 4.69) is 4.98 Å². The van der Waals surface area contributed by atoms with Gasteiger partial charge >= 0.3 is 0 Å². The highest BCUT2D eigenvalue weighted by atomic mass is 32.1. The SMILES string of the molecule is Cc1csc(C2=C(O)CN(CC3CCCO3)C2=N)n1. The molecule has 3 rings (SSSR count). The summed E-state index contributed by atoms with van der Waals surface area (Å²) in [6.07, 6.45) is 2.31. The zero-order valence-corrected chi connectivity index (χ0v) is 11.7. The van der Waals surface area contributed by atoms with Crippen LogP contribution in [0.15, 0.2) is 11.1 Å². The van der Waals surface area contributed by atoms with Crippen LogP contribution in [0.4, 0.5) is 0 Å². The lowest BCUT2D eigenvalue weighted by atomic mass is 10.2. The van der Waals surface area contributed by atoms with Crippen molar-refractivity contribution in [3.63, 3.8) is 0 Å². The van der Waals surface area contributed by atoms with Gasteiger partial charge in [-0.15, -0.1) is 11.3 Å². The number of hydrogen-bond acceptors (Lipinski definition) is 5. The van der Waals surface area contributed by atoms with Gasteiger partial charge < -0.3 is 14.7 Å². The third kappa shape index (κ3) is 2.37. The predicted octanol–water partition coefficient (Wildman–Crippen LogP) is 2.19. The van der Waals surface area contributed by atoms with Gasteiger partial charge in [0.2, 0.25) is 0 Å². The van der Waals surface area contributed by atoms with Crippen LogP contribution in [0.2, 0.25) is 0 Å². The van der Waals surface area contributed by atoms with E-state index in [4.69, 9.17) is 10.1 Å².